The van der Waals surface area contributed by atoms with E-state index in [9.17, 15) is 14.4 Å². The first-order valence-corrected chi connectivity index (χ1v) is 24.6. The molecule has 0 bridgehead atoms. The lowest BCUT2D eigenvalue weighted by atomic mass is 10.0. The van der Waals surface area contributed by atoms with E-state index in [0.717, 1.165) is 75.5 Å². The first-order valence-electron chi connectivity index (χ1n) is 24.6. The average molecular weight is 793 g/mol. The van der Waals surface area contributed by atoms with Crippen LogP contribution < -0.4 is 0 Å². The van der Waals surface area contributed by atoms with Crippen LogP contribution in [0.2, 0.25) is 0 Å². The molecule has 0 rings (SSSR count). The summed E-state index contributed by atoms with van der Waals surface area (Å²) in [5.74, 6) is 1.58. The standard InChI is InChI=1S/C50H96O6/c1-44(2)36-30-24-18-12-9-7-8-10-14-21-27-33-39-48(51)54-42-47(43-55-49(52)40-34-28-22-17-16-20-26-32-38-46(5)6)56-50(53)41-35-29-23-15-11-13-19-25-31-37-45(3)4/h44-47H,7-43H2,1-6H3/t47-/m1/s1. The molecule has 0 heterocycles. The quantitative estimate of drug-likeness (QED) is 0.0348. The minimum absolute atomic E-state index is 0.0656. The van der Waals surface area contributed by atoms with Gasteiger partial charge in [0.05, 0.1) is 0 Å². The molecule has 1 atom stereocenters. The molecule has 56 heavy (non-hydrogen) atoms. The van der Waals surface area contributed by atoms with E-state index in [-0.39, 0.29) is 31.1 Å². The van der Waals surface area contributed by atoms with Crippen LogP contribution in [0.4, 0.5) is 0 Å². The Bertz CT molecular complexity index is 868. The van der Waals surface area contributed by atoms with Gasteiger partial charge in [-0.15, -0.1) is 0 Å². The smallest absolute Gasteiger partial charge is 0.306 e. The molecule has 0 saturated carbocycles. The molecule has 0 saturated heterocycles. The number of carbonyl (C=O) groups is 3. The van der Waals surface area contributed by atoms with Gasteiger partial charge in [-0.1, -0.05) is 228 Å². The molecular weight excluding hydrogens is 697 g/mol. The monoisotopic (exact) mass is 793 g/mol. The summed E-state index contributed by atoms with van der Waals surface area (Å²) >= 11 is 0. The van der Waals surface area contributed by atoms with Gasteiger partial charge in [-0.3, -0.25) is 14.4 Å². The number of ether oxygens (including phenoxy) is 3. The zero-order chi connectivity index (χ0) is 41.3. The van der Waals surface area contributed by atoms with Crippen molar-refractivity contribution in [3.05, 3.63) is 0 Å². The zero-order valence-electron chi connectivity index (χ0n) is 38.4. The molecule has 0 aromatic rings. The zero-order valence-corrected chi connectivity index (χ0v) is 38.4. The molecule has 6 nitrogen and oxygen atoms in total. The van der Waals surface area contributed by atoms with Gasteiger partial charge in [-0.05, 0) is 37.0 Å². The third-order valence-electron chi connectivity index (χ3n) is 11.1. The van der Waals surface area contributed by atoms with Crippen molar-refractivity contribution >= 4 is 17.9 Å². The summed E-state index contributed by atoms with van der Waals surface area (Å²) in [7, 11) is 0. The van der Waals surface area contributed by atoms with Crippen molar-refractivity contribution in [1.82, 2.24) is 0 Å². The highest BCUT2D eigenvalue weighted by molar-refractivity contribution is 5.71. The number of hydrogen-bond acceptors (Lipinski definition) is 6. The highest BCUT2D eigenvalue weighted by atomic mass is 16.6. The van der Waals surface area contributed by atoms with Crippen LogP contribution in [-0.2, 0) is 28.6 Å². The fourth-order valence-corrected chi connectivity index (χ4v) is 7.41. The molecular formula is C50H96O6. The van der Waals surface area contributed by atoms with Gasteiger partial charge in [-0.25, -0.2) is 0 Å². The van der Waals surface area contributed by atoms with Crippen LogP contribution in [0.3, 0.4) is 0 Å². The van der Waals surface area contributed by atoms with Crippen LogP contribution >= 0.6 is 0 Å². The van der Waals surface area contributed by atoms with Gasteiger partial charge < -0.3 is 14.2 Å². The molecule has 0 aliphatic rings. The summed E-state index contributed by atoms with van der Waals surface area (Å²) < 4.78 is 16.8. The summed E-state index contributed by atoms with van der Waals surface area (Å²) in [6.07, 6.45) is 39.5. The van der Waals surface area contributed by atoms with E-state index in [1.54, 1.807) is 0 Å². The van der Waals surface area contributed by atoms with E-state index >= 15 is 0 Å². The highest BCUT2D eigenvalue weighted by Crippen LogP contribution is 2.17. The fourth-order valence-electron chi connectivity index (χ4n) is 7.41. The lowest BCUT2D eigenvalue weighted by Gasteiger charge is -2.18. The second-order valence-corrected chi connectivity index (χ2v) is 18.5. The summed E-state index contributed by atoms with van der Waals surface area (Å²) in [5, 5.41) is 0. The van der Waals surface area contributed by atoms with Crippen molar-refractivity contribution < 1.29 is 28.6 Å². The third-order valence-corrected chi connectivity index (χ3v) is 11.1. The van der Waals surface area contributed by atoms with E-state index in [0.29, 0.717) is 19.3 Å². The molecule has 0 amide bonds. The van der Waals surface area contributed by atoms with Crippen molar-refractivity contribution in [3.8, 4) is 0 Å². The van der Waals surface area contributed by atoms with Gasteiger partial charge in [0.15, 0.2) is 6.10 Å². The summed E-state index contributed by atoms with van der Waals surface area (Å²) in [6.45, 7) is 13.7. The summed E-state index contributed by atoms with van der Waals surface area (Å²) in [5.41, 5.74) is 0. The fraction of sp³-hybridized carbons (Fsp3) is 0.940. The Morgan fingerprint density at radius 3 is 0.768 bits per heavy atom. The third kappa shape index (κ3) is 43.5. The number of carbonyl (C=O) groups excluding carboxylic acids is 3. The van der Waals surface area contributed by atoms with Crippen molar-refractivity contribution in [2.45, 2.75) is 272 Å². The first-order chi connectivity index (χ1) is 27.1. The van der Waals surface area contributed by atoms with Crippen LogP contribution in [0.15, 0.2) is 0 Å². The van der Waals surface area contributed by atoms with Crippen molar-refractivity contribution in [2.24, 2.45) is 17.8 Å². The molecule has 0 aliphatic carbocycles. The van der Waals surface area contributed by atoms with E-state index in [2.05, 4.69) is 41.5 Å². The van der Waals surface area contributed by atoms with E-state index < -0.39 is 6.10 Å². The number of hydrogen-bond donors (Lipinski definition) is 0. The second kappa shape index (κ2) is 41.6. The van der Waals surface area contributed by atoms with Crippen molar-refractivity contribution in [3.63, 3.8) is 0 Å². The van der Waals surface area contributed by atoms with Crippen LogP contribution in [0.5, 0.6) is 0 Å². The lowest BCUT2D eigenvalue weighted by molar-refractivity contribution is -0.167. The molecule has 0 aromatic carbocycles. The SMILES string of the molecule is CC(C)CCCCCCCCCCCCCCC(=O)OC[C@H](COC(=O)CCCCCCCCCCC(C)C)OC(=O)CCCCCCCCCCCC(C)C. The van der Waals surface area contributed by atoms with Gasteiger partial charge in [0.25, 0.3) is 0 Å². The summed E-state index contributed by atoms with van der Waals surface area (Å²) in [6, 6.07) is 0. The van der Waals surface area contributed by atoms with Gasteiger partial charge in [-0.2, -0.15) is 0 Å². The van der Waals surface area contributed by atoms with Gasteiger partial charge in [0, 0.05) is 19.3 Å². The Morgan fingerprint density at radius 1 is 0.304 bits per heavy atom. The normalized spacial score (nSPS) is 12.2. The number of unbranched alkanes of at least 4 members (excludes halogenated alkanes) is 26. The van der Waals surface area contributed by atoms with E-state index in [1.165, 1.54) is 148 Å². The average Bonchev–Trinajstić information content (AvgIpc) is 3.15. The minimum atomic E-state index is -0.762. The predicted octanol–water partition coefficient (Wildman–Crippen LogP) is 15.6. The summed E-state index contributed by atoms with van der Waals surface area (Å²) in [4.78, 5) is 37.8. The Balaban J connectivity index is 4.32. The molecule has 332 valence electrons. The van der Waals surface area contributed by atoms with Crippen molar-refractivity contribution in [2.75, 3.05) is 13.2 Å². The maximum Gasteiger partial charge on any atom is 0.306 e. The number of rotatable bonds is 43. The van der Waals surface area contributed by atoms with E-state index in [1.807, 2.05) is 0 Å². The van der Waals surface area contributed by atoms with Gasteiger partial charge in [0.1, 0.15) is 13.2 Å². The molecule has 0 N–H and O–H groups in total. The molecule has 0 aliphatic heterocycles. The van der Waals surface area contributed by atoms with E-state index in [4.69, 9.17) is 14.2 Å². The molecule has 0 fully saturated rings. The maximum absolute atomic E-state index is 12.7. The molecule has 6 heteroatoms. The van der Waals surface area contributed by atoms with Crippen LogP contribution in [0.1, 0.15) is 266 Å². The molecule has 0 aromatic heterocycles. The van der Waals surface area contributed by atoms with Crippen LogP contribution in [0.25, 0.3) is 0 Å². The Morgan fingerprint density at radius 2 is 0.518 bits per heavy atom. The largest absolute Gasteiger partial charge is 0.462 e. The van der Waals surface area contributed by atoms with Crippen LogP contribution in [-0.4, -0.2) is 37.2 Å². The minimum Gasteiger partial charge on any atom is -0.462 e. The Hall–Kier alpha value is -1.59. The number of esters is 3. The highest BCUT2D eigenvalue weighted by Gasteiger charge is 2.19. The Labute approximate surface area is 348 Å². The Kier molecular flexibility index (Phi) is 40.4. The van der Waals surface area contributed by atoms with Crippen molar-refractivity contribution in [1.29, 1.82) is 0 Å². The lowest BCUT2D eigenvalue weighted by Crippen LogP contribution is -2.30. The van der Waals surface area contributed by atoms with Gasteiger partial charge >= 0.3 is 17.9 Å². The predicted molar refractivity (Wildman–Crippen MR) is 238 cm³/mol. The molecule has 0 spiro atoms. The second-order valence-electron chi connectivity index (χ2n) is 18.5. The van der Waals surface area contributed by atoms with Crippen LogP contribution in [0, 0.1) is 17.8 Å². The first kappa shape index (κ1) is 54.4. The maximum atomic E-state index is 12.7. The topological polar surface area (TPSA) is 78.9 Å². The van der Waals surface area contributed by atoms with Gasteiger partial charge in [0.2, 0.25) is 0 Å². The molecule has 0 unspecified atom stereocenters. The molecule has 0 radical (unpaired) electrons.